The lowest BCUT2D eigenvalue weighted by Gasteiger charge is -2.20. The maximum Gasteiger partial charge on any atom is 0.337 e. The van der Waals surface area contributed by atoms with Crippen molar-refractivity contribution in [3.05, 3.63) is 100 Å². The third-order valence-electron chi connectivity index (χ3n) is 4.47. The molecule has 0 aromatic heterocycles. The molecular formula is C22H20ClNO4S. The van der Waals surface area contributed by atoms with Crippen LogP contribution in [0.3, 0.4) is 0 Å². The maximum atomic E-state index is 13.0. The number of rotatable bonds is 6. The van der Waals surface area contributed by atoms with E-state index in [2.05, 4.69) is 4.72 Å². The average molecular weight is 430 g/mol. The highest BCUT2D eigenvalue weighted by Gasteiger charge is 2.23. The average Bonchev–Trinajstić information content (AvgIpc) is 2.73. The van der Waals surface area contributed by atoms with Crippen LogP contribution in [0, 0.1) is 6.92 Å². The molecule has 150 valence electrons. The standard InChI is InChI=1S/C22H20ClNO4S/c1-15-3-13-20(14-4-15)29(26,27)24-21(17-9-11-19(23)12-10-17)16-5-7-18(8-6-16)22(25)28-2/h3-14,21,24H,1-2H3. The lowest BCUT2D eigenvalue weighted by molar-refractivity contribution is 0.0600. The summed E-state index contributed by atoms with van der Waals surface area (Å²) in [5.41, 5.74) is 2.75. The molecular weight excluding hydrogens is 410 g/mol. The first-order chi connectivity index (χ1) is 13.8. The van der Waals surface area contributed by atoms with Gasteiger partial charge in [0.05, 0.1) is 23.6 Å². The van der Waals surface area contributed by atoms with Gasteiger partial charge in [-0.2, -0.15) is 4.72 Å². The molecule has 5 nitrogen and oxygen atoms in total. The quantitative estimate of drug-likeness (QED) is 0.585. The second-order valence-electron chi connectivity index (χ2n) is 6.53. The molecule has 0 aliphatic carbocycles. The van der Waals surface area contributed by atoms with Crippen molar-refractivity contribution in [2.24, 2.45) is 0 Å². The van der Waals surface area contributed by atoms with Crippen molar-refractivity contribution in [1.29, 1.82) is 0 Å². The largest absolute Gasteiger partial charge is 0.465 e. The van der Waals surface area contributed by atoms with Gasteiger partial charge in [0, 0.05) is 5.02 Å². The first-order valence-electron chi connectivity index (χ1n) is 8.83. The number of aryl methyl sites for hydroxylation is 1. The molecule has 3 rings (SSSR count). The number of methoxy groups -OCH3 is 1. The maximum absolute atomic E-state index is 13.0. The topological polar surface area (TPSA) is 72.5 Å². The number of hydrogen-bond acceptors (Lipinski definition) is 4. The van der Waals surface area contributed by atoms with Crippen LogP contribution in [0.4, 0.5) is 0 Å². The van der Waals surface area contributed by atoms with Crippen LogP contribution in [0.5, 0.6) is 0 Å². The van der Waals surface area contributed by atoms with E-state index in [1.807, 2.05) is 6.92 Å². The van der Waals surface area contributed by atoms with Gasteiger partial charge < -0.3 is 4.74 Å². The molecule has 1 unspecified atom stereocenters. The van der Waals surface area contributed by atoms with Gasteiger partial charge in [-0.1, -0.05) is 53.6 Å². The van der Waals surface area contributed by atoms with Crippen LogP contribution in [-0.2, 0) is 14.8 Å². The summed E-state index contributed by atoms with van der Waals surface area (Å²) in [5, 5.41) is 0.551. The van der Waals surface area contributed by atoms with Crippen LogP contribution in [0.25, 0.3) is 0 Å². The van der Waals surface area contributed by atoms with E-state index >= 15 is 0 Å². The highest BCUT2D eigenvalue weighted by molar-refractivity contribution is 7.89. The Bertz CT molecular complexity index is 1090. The monoisotopic (exact) mass is 429 g/mol. The fraction of sp³-hybridized carbons (Fsp3) is 0.136. The van der Waals surface area contributed by atoms with Crippen molar-refractivity contribution in [2.45, 2.75) is 17.9 Å². The Morgan fingerprint density at radius 1 is 0.897 bits per heavy atom. The Kier molecular flexibility index (Phi) is 6.37. The van der Waals surface area contributed by atoms with Gasteiger partial charge in [0.1, 0.15) is 0 Å². The van der Waals surface area contributed by atoms with Gasteiger partial charge >= 0.3 is 5.97 Å². The predicted molar refractivity (Wildman–Crippen MR) is 113 cm³/mol. The molecule has 1 atom stereocenters. The minimum Gasteiger partial charge on any atom is -0.465 e. The van der Waals surface area contributed by atoms with Gasteiger partial charge in [-0.05, 0) is 54.4 Å². The van der Waals surface area contributed by atoms with Gasteiger partial charge in [-0.3, -0.25) is 0 Å². The van der Waals surface area contributed by atoms with E-state index in [9.17, 15) is 13.2 Å². The van der Waals surface area contributed by atoms with Crippen LogP contribution in [0.2, 0.25) is 5.02 Å². The van der Waals surface area contributed by atoms with Crippen molar-refractivity contribution in [2.75, 3.05) is 7.11 Å². The van der Waals surface area contributed by atoms with Gasteiger partial charge in [-0.25, -0.2) is 13.2 Å². The number of sulfonamides is 1. The number of carbonyl (C=O) groups is 1. The molecule has 0 fully saturated rings. The van der Waals surface area contributed by atoms with Gasteiger partial charge in [0.2, 0.25) is 10.0 Å². The highest BCUT2D eigenvalue weighted by atomic mass is 35.5. The zero-order chi connectivity index (χ0) is 21.0. The SMILES string of the molecule is COC(=O)c1ccc(C(NS(=O)(=O)c2ccc(C)cc2)c2ccc(Cl)cc2)cc1. The minimum atomic E-state index is -3.79. The first kappa shape index (κ1) is 21.0. The van der Waals surface area contributed by atoms with Crippen molar-refractivity contribution < 1.29 is 17.9 Å². The molecule has 0 radical (unpaired) electrons. The molecule has 0 aliphatic heterocycles. The van der Waals surface area contributed by atoms with Crippen LogP contribution in [-0.4, -0.2) is 21.5 Å². The fourth-order valence-electron chi connectivity index (χ4n) is 2.85. The number of ether oxygens (including phenoxy) is 1. The van der Waals surface area contributed by atoms with E-state index in [4.69, 9.17) is 16.3 Å². The van der Waals surface area contributed by atoms with Crippen LogP contribution in [0.1, 0.15) is 33.1 Å². The highest BCUT2D eigenvalue weighted by Crippen LogP contribution is 2.26. The van der Waals surface area contributed by atoms with E-state index in [-0.39, 0.29) is 4.90 Å². The van der Waals surface area contributed by atoms with Gasteiger partial charge in [-0.15, -0.1) is 0 Å². The molecule has 0 saturated heterocycles. The number of hydrogen-bond donors (Lipinski definition) is 1. The molecule has 0 spiro atoms. The number of carbonyl (C=O) groups excluding carboxylic acids is 1. The van der Waals surface area contributed by atoms with Crippen LogP contribution in [0.15, 0.2) is 77.7 Å². The Balaban J connectivity index is 2.00. The Morgan fingerprint density at radius 3 is 1.93 bits per heavy atom. The molecule has 0 bridgehead atoms. The molecule has 0 amide bonds. The minimum absolute atomic E-state index is 0.174. The third-order valence-corrected chi connectivity index (χ3v) is 6.16. The number of nitrogens with one attached hydrogen (secondary N) is 1. The van der Waals surface area contributed by atoms with Crippen LogP contribution < -0.4 is 4.72 Å². The van der Waals surface area contributed by atoms with E-state index in [0.29, 0.717) is 16.1 Å². The summed E-state index contributed by atoms with van der Waals surface area (Å²) in [4.78, 5) is 11.9. The number of esters is 1. The second-order valence-corrected chi connectivity index (χ2v) is 8.68. The summed E-state index contributed by atoms with van der Waals surface area (Å²) in [6.07, 6.45) is 0. The van der Waals surface area contributed by atoms with Gasteiger partial charge in [0.25, 0.3) is 0 Å². The Labute approximate surface area is 175 Å². The van der Waals surface area contributed by atoms with Crippen molar-refractivity contribution in [3.8, 4) is 0 Å². The molecule has 0 saturated carbocycles. The third kappa shape index (κ3) is 5.03. The van der Waals surface area contributed by atoms with Crippen molar-refractivity contribution in [1.82, 2.24) is 4.72 Å². The van der Waals surface area contributed by atoms with E-state index in [0.717, 1.165) is 11.1 Å². The number of benzene rings is 3. The summed E-state index contributed by atoms with van der Waals surface area (Å²) in [7, 11) is -2.48. The van der Waals surface area contributed by atoms with Crippen LogP contribution >= 0.6 is 11.6 Å². The molecule has 29 heavy (non-hydrogen) atoms. The van der Waals surface area contributed by atoms with E-state index in [1.165, 1.54) is 7.11 Å². The second kappa shape index (κ2) is 8.78. The van der Waals surface area contributed by atoms with Gasteiger partial charge in [0.15, 0.2) is 0 Å². The zero-order valence-electron chi connectivity index (χ0n) is 15.9. The zero-order valence-corrected chi connectivity index (χ0v) is 17.5. The lowest BCUT2D eigenvalue weighted by atomic mass is 9.98. The molecule has 0 heterocycles. The summed E-state index contributed by atoms with van der Waals surface area (Å²) in [6, 6.07) is 19.5. The lowest BCUT2D eigenvalue weighted by Crippen LogP contribution is -2.29. The number of halogens is 1. The predicted octanol–water partition coefficient (Wildman–Crippen LogP) is 4.50. The summed E-state index contributed by atoms with van der Waals surface area (Å²) in [5.74, 6) is -0.458. The Morgan fingerprint density at radius 2 is 1.41 bits per heavy atom. The fourth-order valence-corrected chi connectivity index (χ4v) is 4.19. The molecule has 0 aliphatic rings. The van der Waals surface area contributed by atoms with E-state index in [1.54, 1.807) is 72.8 Å². The summed E-state index contributed by atoms with van der Waals surface area (Å²) < 4.78 is 33.4. The molecule has 1 N–H and O–H groups in total. The van der Waals surface area contributed by atoms with Crippen molar-refractivity contribution in [3.63, 3.8) is 0 Å². The molecule has 3 aromatic rings. The van der Waals surface area contributed by atoms with Crippen molar-refractivity contribution >= 4 is 27.6 Å². The Hall–Kier alpha value is -2.67. The summed E-state index contributed by atoms with van der Waals surface area (Å²) >= 11 is 5.99. The normalized spacial score (nSPS) is 12.4. The first-order valence-corrected chi connectivity index (χ1v) is 10.7. The summed E-state index contributed by atoms with van der Waals surface area (Å²) in [6.45, 7) is 1.89. The smallest absolute Gasteiger partial charge is 0.337 e. The van der Waals surface area contributed by atoms with E-state index < -0.39 is 22.0 Å². The molecule has 7 heteroatoms. The molecule has 3 aromatic carbocycles.